The number of amides is 1. The van der Waals surface area contributed by atoms with E-state index in [-0.39, 0.29) is 11.3 Å². The molecule has 3 aromatic rings. The molecule has 0 radical (unpaired) electrons. The first kappa shape index (κ1) is 23.3. The molecule has 1 aliphatic rings. The van der Waals surface area contributed by atoms with Crippen LogP contribution in [0.1, 0.15) is 66.2 Å². The fourth-order valence-electron chi connectivity index (χ4n) is 4.31. The van der Waals surface area contributed by atoms with E-state index in [0.717, 1.165) is 46.9 Å². The average molecular weight is 465 g/mol. The Morgan fingerprint density at radius 2 is 2.09 bits per heavy atom. The average Bonchev–Trinajstić information content (AvgIpc) is 3.43. The van der Waals surface area contributed by atoms with Crippen LogP contribution in [-0.4, -0.2) is 18.7 Å². The molecule has 1 amide bonds. The van der Waals surface area contributed by atoms with E-state index in [2.05, 4.69) is 26.1 Å². The van der Waals surface area contributed by atoms with Crippen LogP contribution in [0.15, 0.2) is 52.1 Å². The number of carbonyl (C=O) groups is 1. The molecule has 174 valence electrons. The molecule has 5 nitrogen and oxygen atoms in total. The van der Waals surface area contributed by atoms with E-state index in [1.807, 2.05) is 49.5 Å². The molecule has 2 heterocycles. The molecule has 0 aliphatic heterocycles. The molecule has 33 heavy (non-hydrogen) atoms. The Labute approximate surface area is 199 Å². The molecule has 0 unspecified atom stereocenters. The standard InChI is InChI=1S/C27H32N2O3S/c1-5-31-22-11-7-6-9-18(22)16-29-26-24(25(30)28-17-20-10-8-14-32-20)21-13-12-19(27(2,3)4)15-23(21)33-26/h6-11,14,16,19H,5,12-13,15,17H2,1-4H3,(H,28,30)/t19-/m1/s1. The molecule has 0 saturated heterocycles. The second-order valence-corrected chi connectivity index (χ2v) is 10.6. The summed E-state index contributed by atoms with van der Waals surface area (Å²) in [4.78, 5) is 19.4. The van der Waals surface area contributed by atoms with Gasteiger partial charge in [0.25, 0.3) is 5.91 Å². The summed E-state index contributed by atoms with van der Waals surface area (Å²) in [7, 11) is 0. The Morgan fingerprint density at radius 1 is 1.27 bits per heavy atom. The number of nitrogens with one attached hydrogen (secondary N) is 1. The Hall–Kier alpha value is -2.86. The van der Waals surface area contributed by atoms with Gasteiger partial charge in [-0.3, -0.25) is 4.79 Å². The molecule has 0 saturated carbocycles. The van der Waals surface area contributed by atoms with E-state index in [1.54, 1.807) is 17.6 Å². The lowest BCUT2D eigenvalue weighted by atomic mass is 9.72. The second-order valence-electron chi connectivity index (χ2n) is 9.48. The Bertz CT molecular complexity index is 1120. The van der Waals surface area contributed by atoms with E-state index < -0.39 is 0 Å². The second kappa shape index (κ2) is 9.96. The predicted molar refractivity (Wildman–Crippen MR) is 134 cm³/mol. The number of nitrogens with zero attached hydrogens (tertiary/aromatic N) is 1. The molecule has 6 heteroatoms. The van der Waals surface area contributed by atoms with Gasteiger partial charge in [0, 0.05) is 16.7 Å². The van der Waals surface area contributed by atoms with Gasteiger partial charge in [-0.25, -0.2) is 4.99 Å². The molecule has 1 aromatic carbocycles. The normalized spacial score (nSPS) is 16.1. The summed E-state index contributed by atoms with van der Waals surface area (Å²) >= 11 is 1.65. The highest BCUT2D eigenvalue weighted by molar-refractivity contribution is 7.16. The van der Waals surface area contributed by atoms with Crippen LogP contribution >= 0.6 is 11.3 Å². The van der Waals surface area contributed by atoms with Crippen LogP contribution in [0.25, 0.3) is 0 Å². The summed E-state index contributed by atoms with van der Waals surface area (Å²) in [5.41, 5.74) is 3.01. The third-order valence-electron chi connectivity index (χ3n) is 6.24. The van der Waals surface area contributed by atoms with Crippen LogP contribution in [0.5, 0.6) is 5.75 Å². The van der Waals surface area contributed by atoms with Crippen molar-refractivity contribution in [1.82, 2.24) is 5.32 Å². The van der Waals surface area contributed by atoms with Gasteiger partial charge < -0.3 is 14.5 Å². The Morgan fingerprint density at radius 3 is 2.82 bits per heavy atom. The van der Waals surface area contributed by atoms with Crippen molar-refractivity contribution in [3.8, 4) is 5.75 Å². The first-order valence-electron chi connectivity index (χ1n) is 11.6. The molecular weight excluding hydrogens is 432 g/mol. The van der Waals surface area contributed by atoms with E-state index >= 15 is 0 Å². The molecule has 0 spiro atoms. The number of para-hydroxylation sites is 1. The number of hydrogen-bond acceptors (Lipinski definition) is 5. The minimum Gasteiger partial charge on any atom is -0.493 e. The highest BCUT2D eigenvalue weighted by atomic mass is 32.1. The van der Waals surface area contributed by atoms with Gasteiger partial charge in [-0.1, -0.05) is 32.9 Å². The number of aliphatic imine (C=N–C) groups is 1. The fourth-order valence-corrected chi connectivity index (χ4v) is 5.58. The number of rotatable bonds is 7. The van der Waals surface area contributed by atoms with E-state index in [9.17, 15) is 4.79 Å². The molecule has 4 rings (SSSR count). The molecule has 1 atom stereocenters. The SMILES string of the molecule is CCOc1ccccc1C=Nc1sc2c(c1C(=O)NCc1ccco1)CC[C@@H](C(C)(C)C)C2. The van der Waals surface area contributed by atoms with Gasteiger partial charge in [0.1, 0.15) is 16.5 Å². The van der Waals surface area contributed by atoms with Crippen LogP contribution in [-0.2, 0) is 19.4 Å². The van der Waals surface area contributed by atoms with Crippen molar-refractivity contribution in [2.24, 2.45) is 16.3 Å². The summed E-state index contributed by atoms with van der Waals surface area (Å²) in [6.45, 7) is 9.82. The van der Waals surface area contributed by atoms with Gasteiger partial charge >= 0.3 is 0 Å². The van der Waals surface area contributed by atoms with Crippen molar-refractivity contribution in [1.29, 1.82) is 0 Å². The van der Waals surface area contributed by atoms with Crippen molar-refractivity contribution in [2.75, 3.05) is 6.61 Å². The lowest BCUT2D eigenvalue weighted by molar-refractivity contribution is 0.0947. The third kappa shape index (κ3) is 5.38. The molecule has 2 aromatic heterocycles. The zero-order valence-corrected chi connectivity index (χ0v) is 20.6. The maximum atomic E-state index is 13.3. The smallest absolute Gasteiger partial charge is 0.255 e. The summed E-state index contributed by atoms with van der Waals surface area (Å²) < 4.78 is 11.1. The highest BCUT2D eigenvalue weighted by Gasteiger charge is 2.33. The molecule has 0 fully saturated rings. The fraction of sp³-hybridized carbons (Fsp3) is 0.407. The van der Waals surface area contributed by atoms with E-state index in [0.29, 0.717) is 24.6 Å². The molecule has 1 aliphatic carbocycles. The number of carbonyl (C=O) groups excluding carboxylic acids is 1. The Balaban J connectivity index is 1.66. The summed E-state index contributed by atoms with van der Waals surface area (Å²) in [5, 5.41) is 3.79. The number of fused-ring (bicyclic) bond motifs is 1. The summed E-state index contributed by atoms with van der Waals surface area (Å²) in [5.74, 6) is 2.03. The number of ether oxygens (including phenoxy) is 1. The molecular formula is C27H32N2O3S. The largest absolute Gasteiger partial charge is 0.493 e. The predicted octanol–water partition coefficient (Wildman–Crippen LogP) is 6.57. The van der Waals surface area contributed by atoms with Crippen LogP contribution < -0.4 is 10.1 Å². The minimum absolute atomic E-state index is 0.0941. The Kier molecular flexibility index (Phi) is 7.03. The topological polar surface area (TPSA) is 63.8 Å². The quantitative estimate of drug-likeness (QED) is 0.402. The number of furan rings is 1. The maximum absolute atomic E-state index is 13.3. The van der Waals surface area contributed by atoms with Gasteiger partial charge in [0.05, 0.1) is 25.0 Å². The third-order valence-corrected chi connectivity index (χ3v) is 7.40. The van der Waals surface area contributed by atoms with Gasteiger partial charge in [-0.15, -0.1) is 11.3 Å². The van der Waals surface area contributed by atoms with Crippen molar-refractivity contribution >= 4 is 28.5 Å². The highest BCUT2D eigenvalue weighted by Crippen LogP contribution is 2.45. The summed E-state index contributed by atoms with van der Waals surface area (Å²) in [6.07, 6.45) is 6.41. The number of thiophene rings is 1. The maximum Gasteiger partial charge on any atom is 0.255 e. The van der Waals surface area contributed by atoms with Gasteiger partial charge in [0.2, 0.25) is 0 Å². The van der Waals surface area contributed by atoms with Gasteiger partial charge in [-0.05, 0) is 67.3 Å². The zero-order valence-electron chi connectivity index (χ0n) is 19.8. The number of benzene rings is 1. The zero-order chi connectivity index (χ0) is 23.4. The number of hydrogen-bond donors (Lipinski definition) is 1. The van der Waals surface area contributed by atoms with Crippen molar-refractivity contribution in [3.05, 3.63) is 70.0 Å². The van der Waals surface area contributed by atoms with Crippen molar-refractivity contribution in [3.63, 3.8) is 0 Å². The van der Waals surface area contributed by atoms with Crippen molar-refractivity contribution < 1.29 is 13.9 Å². The van der Waals surface area contributed by atoms with E-state index in [1.165, 1.54) is 4.88 Å². The van der Waals surface area contributed by atoms with E-state index in [4.69, 9.17) is 14.1 Å². The lowest BCUT2D eigenvalue weighted by Crippen LogP contribution is -2.28. The van der Waals surface area contributed by atoms with Gasteiger partial charge in [-0.2, -0.15) is 0 Å². The van der Waals surface area contributed by atoms with Crippen LogP contribution in [0.2, 0.25) is 0 Å². The van der Waals surface area contributed by atoms with Crippen LogP contribution in [0.4, 0.5) is 5.00 Å². The first-order chi connectivity index (χ1) is 15.9. The molecule has 0 bridgehead atoms. The van der Waals surface area contributed by atoms with Crippen molar-refractivity contribution in [2.45, 2.75) is 53.5 Å². The van der Waals surface area contributed by atoms with Crippen LogP contribution in [0, 0.1) is 11.3 Å². The first-order valence-corrected chi connectivity index (χ1v) is 12.4. The summed E-state index contributed by atoms with van der Waals surface area (Å²) in [6, 6.07) is 11.5. The molecule has 1 N–H and O–H groups in total. The lowest BCUT2D eigenvalue weighted by Gasteiger charge is -2.33. The monoisotopic (exact) mass is 464 g/mol. The van der Waals surface area contributed by atoms with Gasteiger partial charge in [0.15, 0.2) is 0 Å². The van der Waals surface area contributed by atoms with Crippen LogP contribution in [0.3, 0.4) is 0 Å². The minimum atomic E-state index is -0.0941.